The highest BCUT2D eigenvalue weighted by molar-refractivity contribution is 7.90. The molecule has 2 aliphatic rings. The largest absolute Gasteiger partial charge is 0.325 e. The van der Waals surface area contributed by atoms with Crippen molar-refractivity contribution in [3.8, 4) is 0 Å². The molecule has 2 aromatic rings. The summed E-state index contributed by atoms with van der Waals surface area (Å²) >= 11 is 0. The Labute approximate surface area is 203 Å². The second-order valence-electron chi connectivity index (χ2n) is 8.75. The van der Waals surface area contributed by atoms with Crippen LogP contribution in [0.15, 0.2) is 64.5 Å². The van der Waals surface area contributed by atoms with Crippen LogP contribution in [0.2, 0.25) is 0 Å². The molecule has 0 spiro atoms. The number of benzene rings is 2. The first kappa shape index (κ1) is 24.4. The highest BCUT2D eigenvalue weighted by atomic mass is 32.2. The van der Waals surface area contributed by atoms with Crippen LogP contribution in [0, 0.1) is 0 Å². The monoisotopic (exact) mass is 497 g/mol. The number of hydrogen-bond donors (Lipinski definition) is 3. The summed E-state index contributed by atoms with van der Waals surface area (Å²) in [6.45, 7) is 1.74. The third-order valence-electron chi connectivity index (χ3n) is 5.96. The van der Waals surface area contributed by atoms with Gasteiger partial charge in [-0.1, -0.05) is 36.4 Å². The molecule has 4 rings (SSSR count). The third-order valence-corrected chi connectivity index (χ3v) is 7.34. The van der Waals surface area contributed by atoms with E-state index >= 15 is 0 Å². The molecular formula is C24H27N5O5S. The number of carbonyl (C=O) groups excluding carboxylic acids is 3. The Morgan fingerprint density at radius 1 is 1.14 bits per heavy atom. The van der Waals surface area contributed by atoms with Crippen LogP contribution in [0.5, 0.6) is 0 Å². The zero-order valence-electron chi connectivity index (χ0n) is 19.3. The van der Waals surface area contributed by atoms with Gasteiger partial charge in [0.2, 0.25) is 5.91 Å². The normalized spacial score (nSPS) is 19.9. The molecule has 1 unspecified atom stereocenters. The molecule has 3 N–H and O–H groups in total. The number of nitrogens with one attached hydrogen (secondary N) is 3. The van der Waals surface area contributed by atoms with Crippen LogP contribution in [0.3, 0.4) is 0 Å². The van der Waals surface area contributed by atoms with Gasteiger partial charge in [-0.25, -0.2) is 13.2 Å². The van der Waals surface area contributed by atoms with E-state index in [-0.39, 0.29) is 10.6 Å². The lowest BCUT2D eigenvalue weighted by Crippen LogP contribution is -2.45. The molecule has 0 saturated carbocycles. The lowest BCUT2D eigenvalue weighted by Gasteiger charge is -2.21. The molecule has 0 bridgehead atoms. The van der Waals surface area contributed by atoms with Crippen LogP contribution >= 0.6 is 0 Å². The molecule has 1 saturated heterocycles. The number of nitrogens with zero attached hydrogens (tertiary/aromatic N) is 2. The van der Waals surface area contributed by atoms with E-state index in [1.165, 1.54) is 24.3 Å². The maximum Gasteiger partial charge on any atom is 0.325 e. The van der Waals surface area contributed by atoms with Gasteiger partial charge in [-0.2, -0.15) is 0 Å². The quantitative estimate of drug-likeness (QED) is 0.480. The van der Waals surface area contributed by atoms with E-state index in [0.29, 0.717) is 31.6 Å². The lowest BCUT2D eigenvalue weighted by molar-refractivity contribution is -0.133. The molecule has 184 valence electrons. The minimum absolute atomic E-state index is 0.0339. The minimum atomic E-state index is -3.85. The molecule has 4 amide bonds. The lowest BCUT2D eigenvalue weighted by atomic mass is 9.93. The Bertz CT molecular complexity index is 1280. The van der Waals surface area contributed by atoms with Crippen molar-refractivity contribution >= 4 is 39.4 Å². The number of aliphatic imine (C=N–C) groups is 1. The van der Waals surface area contributed by atoms with Crippen LogP contribution in [-0.2, 0) is 26.0 Å². The maximum atomic E-state index is 13.0. The summed E-state index contributed by atoms with van der Waals surface area (Å²) < 4.78 is 27.7. The Balaban J connectivity index is 1.38. The number of rotatable bonds is 8. The summed E-state index contributed by atoms with van der Waals surface area (Å²) in [5.41, 5.74) is 0.150. The summed E-state index contributed by atoms with van der Waals surface area (Å²) in [5, 5.41) is 5.26. The molecule has 1 atom stereocenters. The number of sulfonamides is 1. The molecule has 2 aromatic carbocycles. The summed E-state index contributed by atoms with van der Waals surface area (Å²) in [7, 11) is -3.85. The highest BCUT2D eigenvalue weighted by Gasteiger charge is 2.47. The van der Waals surface area contributed by atoms with E-state index in [1.54, 1.807) is 6.92 Å². The second kappa shape index (κ2) is 9.87. The van der Waals surface area contributed by atoms with Gasteiger partial charge in [0.1, 0.15) is 17.9 Å². The number of aryl methyl sites for hydroxylation is 1. The van der Waals surface area contributed by atoms with Crippen molar-refractivity contribution in [1.82, 2.24) is 14.9 Å². The van der Waals surface area contributed by atoms with Gasteiger partial charge in [-0.3, -0.25) is 24.2 Å². The van der Waals surface area contributed by atoms with E-state index in [4.69, 9.17) is 0 Å². The van der Waals surface area contributed by atoms with E-state index in [1.807, 2.05) is 30.3 Å². The second-order valence-corrected chi connectivity index (χ2v) is 10.4. The van der Waals surface area contributed by atoms with Crippen molar-refractivity contribution in [3.63, 3.8) is 0 Å². The van der Waals surface area contributed by atoms with Gasteiger partial charge in [0, 0.05) is 18.7 Å². The standard InChI is InChI=1S/C24H27N5O5S/c1-24(13-12-17-7-3-2-4-8-17)22(31)29(23(32)27-24)16-21(30)26-18-9-5-10-19(15-18)35(33,34)28-20-11-6-14-25-20/h2-5,7-10,15H,6,11-14,16H2,1H3,(H,25,28)(H,26,30)(H,27,32). The summed E-state index contributed by atoms with van der Waals surface area (Å²) in [4.78, 5) is 43.0. The Morgan fingerprint density at radius 2 is 1.91 bits per heavy atom. The van der Waals surface area contributed by atoms with Gasteiger partial charge >= 0.3 is 6.03 Å². The van der Waals surface area contributed by atoms with Crippen LogP contribution < -0.4 is 15.4 Å². The van der Waals surface area contributed by atoms with Crippen molar-refractivity contribution in [2.75, 3.05) is 18.4 Å². The zero-order chi connectivity index (χ0) is 25.1. The molecule has 35 heavy (non-hydrogen) atoms. The van der Waals surface area contributed by atoms with E-state index in [9.17, 15) is 22.8 Å². The third kappa shape index (κ3) is 5.68. The van der Waals surface area contributed by atoms with Gasteiger partial charge < -0.3 is 10.6 Å². The molecular weight excluding hydrogens is 470 g/mol. The molecule has 0 aliphatic carbocycles. The fourth-order valence-electron chi connectivity index (χ4n) is 4.02. The molecule has 0 radical (unpaired) electrons. The number of urea groups is 1. The van der Waals surface area contributed by atoms with Crippen LogP contribution in [0.4, 0.5) is 10.5 Å². The molecule has 10 nitrogen and oxygen atoms in total. The fourth-order valence-corrected chi connectivity index (χ4v) is 5.16. The average Bonchev–Trinajstić information content (AvgIpc) is 3.40. The first-order valence-corrected chi connectivity index (χ1v) is 12.8. The summed E-state index contributed by atoms with van der Waals surface area (Å²) in [5.74, 6) is -0.691. The van der Waals surface area contributed by atoms with Gasteiger partial charge in [-0.15, -0.1) is 0 Å². The summed E-state index contributed by atoms with van der Waals surface area (Å²) in [6.07, 6.45) is 2.33. The average molecular weight is 498 g/mol. The number of anilines is 1. The molecule has 2 aliphatic heterocycles. The smallest absolute Gasteiger partial charge is 0.324 e. The van der Waals surface area contributed by atoms with E-state index in [2.05, 4.69) is 20.3 Å². The number of imide groups is 1. The van der Waals surface area contributed by atoms with Crippen molar-refractivity contribution < 1.29 is 22.8 Å². The number of amides is 4. The Kier molecular flexibility index (Phi) is 6.88. The van der Waals surface area contributed by atoms with E-state index in [0.717, 1.165) is 16.9 Å². The molecule has 11 heteroatoms. The predicted molar refractivity (Wildman–Crippen MR) is 130 cm³/mol. The van der Waals surface area contributed by atoms with Gasteiger partial charge in [0.25, 0.3) is 15.9 Å². The predicted octanol–water partition coefficient (Wildman–Crippen LogP) is 2.04. The van der Waals surface area contributed by atoms with Crippen molar-refractivity contribution in [3.05, 3.63) is 60.2 Å². The molecule has 1 fully saturated rings. The highest BCUT2D eigenvalue weighted by Crippen LogP contribution is 2.23. The van der Waals surface area contributed by atoms with Crippen molar-refractivity contribution in [2.24, 2.45) is 4.99 Å². The summed E-state index contributed by atoms with van der Waals surface area (Å²) in [6, 6.07) is 14.7. The van der Waals surface area contributed by atoms with Crippen molar-refractivity contribution in [1.29, 1.82) is 0 Å². The number of amidine groups is 1. The Hall–Kier alpha value is -3.73. The topological polar surface area (TPSA) is 137 Å². The van der Waals surface area contributed by atoms with Crippen LogP contribution in [-0.4, -0.2) is 55.6 Å². The number of carbonyl (C=O) groups is 3. The first-order valence-electron chi connectivity index (χ1n) is 11.3. The van der Waals surface area contributed by atoms with Crippen LogP contribution in [0.1, 0.15) is 31.7 Å². The minimum Gasteiger partial charge on any atom is -0.324 e. The van der Waals surface area contributed by atoms with Crippen LogP contribution in [0.25, 0.3) is 0 Å². The van der Waals surface area contributed by atoms with Gasteiger partial charge in [-0.05, 0) is 49.9 Å². The van der Waals surface area contributed by atoms with Gasteiger partial charge in [0.05, 0.1) is 4.90 Å². The first-order chi connectivity index (χ1) is 16.7. The maximum absolute atomic E-state index is 13.0. The SMILES string of the molecule is CC1(CCc2ccccc2)NC(=O)N(CC(=O)Nc2cccc(S(=O)(=O)NC3=NCCC3)c2)C1=O. The molecule has 2 heterocycles. The zero-order valence-corrected chi connectivity index (χ0v) is 20.1. The Morgan fingerprint density at radius 3 is 2.63 bits per heavy atom. The van der Waals surface area contributed by atoms with Gasteiger partial charge in [0.15, 0.2) is 0 Å². The number of hydrogen-bond acceptors (Lipinski definition) is 6. The fraction of sp³-hybridized carbons (Fsp3) is 0.333. The van der Waals surface area contributed by atoms with Crippen molar-refractivity contribution in [2.45, 2.75) is 43.0 Å². The molecule has 0 aromatic heterocycles. The van der Waals surface area contributed by atoms with E-state index < -0.39 is 40.0 Å².